The molecule has 1 amide bonds. The van der Waals surface area contributed by atoms with Crippen molar-refractivity contribution in [3.8, 4) is 0 Å². The SMILES string of the molecule is O=C(c1ccc(C(F)(F)F)cc1)N1CCN(Cc2ccncc2)CC1. The first-order valence-electron chi connectivity index (χ1n) is 8.01. The van der Waals surface area contributed by atoms with Crippen LogP contribution in [-0.4, -0.2) is 46.9 Å². The van der Waals surface area contributed by atoms with Crippen molar-refractivity contribution in [3.05, 3.63) is 65.5 Å². The van der Waals surface area contributed by atoms with Crippen LogP contribution in [-0.2, 0) is 12.7 Å². The third-order valence-electron chi connectivity index (χ3n) is 4.27. The molecule has 1 aromatic carbocycles. The van der Waals surface area contributed by atoms with Gasteiger partial charge in [0.15, 0.2) is 0 Å². The molecule has 7 heteroatoms. The van der Waals surface area contributed by atoms with Crippen molar-refractivity contribution in [2.45, 2.75) is 12.7 Å². The van der Waals surface area contributed by atoms with E-state index in [0.29, 0.717) is 13.1 Å². The predicted octanol–water partition coefficient (Wildman–Crippen LogP) is 3.06. The molecule has 0 saturated carbocycles. The van der Waals surface area contributed by atoms with Gasteiger partial charge in [-0.05, 0) is 42.0 Å². The summed E-state index contributed by atoms with van der Waals surface area (Å²) in [4.78, 5) is 20.4. The molecule has 0 bridgehead atoms. The number of halogens is 3. The van der Waals surface area contributed by atoms with Gasteiger partial charge in [-0.2, -0.15) is 13.2 Å². The number of amides is 1. The Morgan fingerprint density at radius 2 is 1.56 bits per heavy atom. The Bertz CT molecular complexity index is 709. The van der Waals surface area contributed by atoms with Gasteiger partial charge in [0, 0.05) is 50.7 Å². The number of hydrogen-bond donors (Lipinski definition) is 0. The fourth-order valence-corrected chi connectivity index (χ4v) is 2.84. The molecule has 0 atom stereocenters. The fraction of sp³-hybridized carbons (Fsp3) is 0.333. The zero-order valence-electron chi connectivity index (χ0n) is 13.5. The van der Waals surface area contributed by atoms with E-state index in [1.807, 2.05) is 12.1 Å². The first-order valence-corrected chi connectivity index (χ1v) is 8.01. The van der Waals surface area contributed by atoms with Gasteiger partial charge in [0.05, 0.1) is 5.56 Å². The molecule has 1 saturated heterocycles. The Morgan fingerprint density at radius 3 is 2.12 bits per heavy atom. The van der Waals surface area contributed by atoms with Gasteiger partial charge < -0.3 is 4.90 Å². The minimum Gasteiger partial charge on any atom is -0.336 e. The quantitative estimate of drug-likeness (QED) is 0.855. The lowest BCUT2D eigenvalue weighted by molar-refractivity contribution is -0.137. The summed E-state index contributed by atoms with van der Waals surface area (Å²) in [6.45, 7) is 3.38. The van der Waals surface area contributed by atoms with Crippen molar-refractivity contribution in [1.29, 1.82) is 0 Å². The summed E-state index contributed by atoms with van der Waals surface area (Å²) in [5, 5.41) is 0. The molecule has 3 rings (SSSR count). The molecule has 0 spiro atoms. The van der Waals surface area contributed by atoms with E-state index < -0.39 is 11.7 Å². The molecule has 2 heterocycles. The summed E-state index contributed by atoms with van der Waals surface area (Å²) < 4.78 is 37.8. The molecule has 0 unspecified atom stereocenters. The van der Waals surface area contributed by atoms with Crippen molar-refractivity contribution in [2.24, 2.45) is 0 Å². The Balaban J connectivity index is 1.56. The van der Waals surface area contributed by atoms with E-state index in [1.165, 1.54) is 12.1 Å². The normalized spacial score (nSPS) is 16.0. The van der Waals surface area contributed by atoms with Gasteiger partial charge >= 0.3 is 6.18 Å². The number of alkyl halides is 3. The second-order valence-corrected chi connectivity index (χ2v) is 6.00. The molecule has 0 aliphatic carbocycles. The van der Waals surface area contributed by atoms with E-state index in [1.54, 1.807) is 17.3 Å². The molecule has 0 N–H and O–H groups in total. The number of pyridine rings is 1. The van der Waals surface area contributed by atoms with Crippen molar-refractivity contribution in [2.75, 3.05) is 26.2 Å². The Morgan fingerprint density at radius 1 is 0.960 bits per heavy atom. The molecular weight excluding hydrogens is 331 g/mol. The number of hydrogen-bond acceptors (Lipinski definition) is 3. The topological polar surface area (TPSA) is 36.4 Å². The number of rotatable bonds is 3. The highest BCUT2D eigenvalue weighted by Gasteiger charge is 2.30. The first kappa shape index (κ1) is 17.4. The van der Waals surface area contributed by atoms with Gasteiger partial charge in [-0.3, -0.25) is 14.7 Å². The van der Waals surface area contributed by atoms with Crippen molar-refractivity contribution in [3.63, 3.8) is 0 Å². The molecule has 2 aromatic rings. The van der Waals surface area contributed by atoms with E-state index in [2.05, 4.69) is 9.88 Å². The molecular formula is C18H18F3N3O. The number of nitrogens with zero attached hydrogens (tertiary/aromatic N) is 3. The van der Waals surface area contributed by atoms with Crippen LogP contribution in [0.1, 0.15) is 21.5 Å². The van der Waals surface area contributed by atoms with Crippen LogP contribution in [0.2, 0.25) is 0 Å². The van der Waals surface area contributed by atoms with Crippen LogP contribution in [0.4, 0.5) is 13.2 Å². The van der Waals surface area contributed by atoms with Crippen LogP contribution in [0.15, 0.2) is 48.8 Å². The maximum atomic E-state index is 12.6. The average Bonchev–Trinajstić information content (AvgIpc) is 2.62. The van der Waals surface area contributed by atoms with E-state index in [0.717, 1.165) is 37.3 Å². The van der Waals surface area contributed by atoms with Crippen molar-refractivity contribution >= 4 is 5.91 Å². The van der Waals surface area contributed by atoms with Crippen LogP contribution in [0.3, 0.4) is 0 Å². The summed E-state index contributed by atoms with van der Waals surface area (Å²) in [5.41, 5.74) is 0.708. The molecule has 1 aliphatic rings. The van der Waals surface area contributed by atoms with Gasteiger partial charge in [-0.25, -0.2) is 0 Å². The van der Waals surface area contributed by atoms with E-state index >= 15 is 0 Å². The molecule has 1 aliphatic heterocycles. The number of carbonyl (C=O) groups is 1. The van der Waals surface area contributed by atoms with Gasteiger partial charge in [0.2, 0.25) is 0 Å². The third-order valence-corrected chi connectivity index (χ3v) is 4.27. The number of piperazine rings is 1. The number of benzene rings is 1. The van der Waals surface area contributed by atoms with Crippen LogP contribution < -0.4 is 0 Å². The number of carbonyl (C=O) groups excluding carboxylic acids is 1. The Kier molecular flexibility index (Phi) is 5.03. The highest BCUT2D eigenvalue weighted by Crippen LogP contribution is 2.29. The Labute approximate surface area is 143 Å². The lowest BCUT2D eigenvalue weighted by Gasteiger charge is -2.34. The van der Waals surface area contributed by atoms with Crippen LogP contribution >= 0.6 is 0 Å². The minimum absolute atomic E-state index is 0.225. The minimum atomic E-state index is -4.39. The molecule has 0 radical (unpaired) electrons. The summed E-state index contributed by atoms with van der Waals surface area (Å²) in [5.74, 6) is -0.225. The summed E-state index contributed by atoms with van der Waals surface area (Å²) >= 11 is 0. The lowest BCUT2D eigenvalue weighted by Crippen LogP contribution is -2.48. The van der Waals surface area contributed by atoms with Gasteiger partial charge in [0.1, 0.15) is 0 Å². The van der Waals surface area contributed by atoms with Crippen molar-refractivity contribution < 1.29 is 18.0 Å². The molecule has 1 aromatic heterocycles. The third kappa shape index (κ3) is 4.36. The molecule has 25 heavy (non-hydrogen) atoms. The van der Waals surface area contributed by atoms with Crippen LogP contribution in [0.25, 0.3) is 0 Å². The summed E-state index contributed by atoms with van der Waals surface area (Å²) in [6.07, 6.45) is -0.889. The average molecular weight is 349 g/mol. The molecule has 4 nitrogen and oxygen atoms in total. The summed E-state index contributed by atoms with van der Waals surface area (Å²) in [7, 11) is 0. The monoisotopic (exact) mass is 349 g/mol. The van der Waals surface area contributed by atoms with E-state index in [4.69, 9.17) is 0 Å². The lowest BCUT2D eigenvalue weighted by atomic mass is 10.1. The molecule has 1 fully saturated rings. The fourth-order valence-electron chi connectivity index (χ4n) is 2.84. The van der Waals surface area contributed by atoms with Gasteiger partial charge in [-0.15, -0.1) is 0 Å². The Hall–Kier alpha value is -2.41. The highest BCUT2D eigenvalue weighted by atomic mass is 19.4. The zero-order valence-corrected chi connectivity index (χ0v) is 13.5. The zero-order chi connectivity index (χ0) is 17.9. The largest absolute Gasteiger partial charge is 0.416 e. The second-order valence-electron chi connectivity index (χ2n) is 6.00. The molecule has 132 valence electrons. The van der Waals surface area contributed by atoms with Gasteiger partial charge in [0.25, 0.3) is 5.91 Å². The second kappa shape index (κ2) is 7.23. The maximum absolute atomic E-state index is 12.6. The smallest absolute Gasteiger partial charge is 0.336 e. The van der Waals surface area contributed by atoms with E-state index in [-0.39, 0.29) is 11.5 Å². The van der Waals surface area contributed by atoms with E-state index in [9.17, 15) is 18.0 Å². The van der Waals surface area contributed by atoms with Crippen LogP contribution in [0.5, 0.6) is 0 Å². The summed E-state index contributed by atoms with van der Waals surface area (Å²) in [6, 6.07) is 8.31. The predicted molar refractivity (Wildman–Crippen MR) is 86.9 cm³/mol. The van der Waals surface area contributed by atoms with Crippen LogP contribution in [0, 0.1) is 0 Å². The van der Waals surface area contributed by atoms with Crippen molar-refractivity contribution in [1.82, 2.24) is 14.8 Å². The first-order chi connectivity index (χ1) is 11.9. The maximum Gasteiger partial charge on any atom is 0.416 e. The highest BCUT2D eigenvalue weighted by molar-refractivity contribution is 5.94. The number of aromatic nitrogens is 1. The standard InChI is InChI=1S/C18H18F3N3O/c19-18(20,21)16-3-1-15(2-4-16)17(25)24-11-9-23(10-12-24)13-14-5-7-22-8-6-14/h1-8H,9-13H2. The van der Waals surface area contributed by atoms with Gasteiger partial charge in [-0.1, -0.05) is 0 Å².